The molecule has 0 amide bonds. The first-order valence-electron chi connectivity index (χ1n) is 4.20. The molecule has 0 aliphatic rings. The summed E-state index contributed by atoms with van der Waals surface area (Å²) in [5.41, 5.74) is 0.610. The van der Waals surface area contributed by atoms with Crippen molar-refractivity contribution in [1.29, 1.82) is 0 Å². The van der Waals surface area contributed by atoms with Gasteiger partial charge in [-0.15, -0.1) is 6.42 Å². The van der Waals surface area contributed by atoms with Gasteiger partial charge in [-0.1, -0.05) is 18.1 Å². The van der Waals surface area contributed by atoms with E-state index in [0.717, 1.165) is 0 Å². The fraction of sp³-hybridized carbons (Fsp3) is 0.0909. The Kier molecular flexibility index (Phi) is 2.04. The van der Waals surface area contributed by atoms with Crippen LogP contribution in [0.1, 0.15) is 0 Å². The lowest BCUT2D eigenvalue weighted by atomic mass is 10.2. The molecule has 68 valence electrons. The minimum atomic E-state index is -0.0893. The van der Waals surface area contributed by atoms with Crippen molar-refractivity contribution in [3.05, 3.63) is 40.9 Å². The van der Waals surface area contributed by atoms with Crippen LogP contribution in [0.2, 0.25) is 0 Å². The first-order valence-corrected chi connectivity index (χ1v) is 4.20. The largest absolute Gasteiger partial charge is 0.287 e. The van der Waals surface area contributed by atoms with E-state index in [1.165, 1.54) is 10.9 Å². The van der Waals surface area contributed by atoms with Gasteiger partial charge < -0.3 is 0 Å². The second kappa shape index (κ2) is 3.35. The topological polar surface area (TPSA) is 34.9 Å². The van der Waals surface area contributed by atoms with E-state index in [1.807, 2.05) is 12.1 Å². The molecular weight excluding hydrogens is 176 g/mol. The molecular formula is C11H8N2O. The van der Waals surface area contributed by atoms with E-state index in [2.05, 4.69) is 10.9 Å². The summed E-state index contributed by atoms with van der Waals surface area (Å²) in [5, 5.41) is 0.602. The van der Waals surface area contributed by atoms with E-state index in [1.54, 1.807) is 12.1 Å². The molecule has 0 unspecified atom stereocenters. The summed E-state index contributed by atoms with van der Waals surface area (Å²) in [7, 11) is 0. The van der Waals surface area contributed by atoms with Crippen molar-refractivity contribution in [2.75, 3.05) is 0 Å². The van der Waals surface area contributed by atoms with E-state index in [4.69, 9.17) is 6.42 Å². The van der Waals surface area contributed by atoms with Crippen molar-refractivity contribution in [1.82, 2.24) is 9.55 Å². The highest BCUT2D eigenvalue weighted by molar-refractivity contribution is 5.76. The Balaban J connectivity index is 2.77. The first kappa shape index (κ1) is 8.52. The van der Waals surface area contributed by atoms with E-state index >= 15 is 0 Å². The quantitative estimate of drug-likeness (QED) is 0.620. The third kappa shape index (κ3) is 1.27. The summed E-state index contributed by atoms with van der Waals surface area (Å²) in [6, 6.07) is 7.21. The predicted molar refractivity (Wildman–Crippen MR) is 54.8 cm³/mol. The average Bonchev–Trinajstić information content (AvgIpc) is 2.23. The Morgan fingerprint density at radius 3 is 3.00 bits per heavy atom. The van der Waals surface area contributed by atoms with Gasteiger partial charge in [-0.3, -0.25) is 9.36 Å². The maximum absolute atomic E-state index is 11.7. The second-order valence-electron chi connectivity index (χ2n) is 2.90. The summed E-state index contributed by atoms with van der Waals surface area (Å²) in [6.45, 7) is 0.261. The molecule has 0 spiro atoms. The second-order valence-corrected chi connectivity index (χ2v) is 2.90. The SMILES string of the molecule is C#CCn1cnc2ccccc2c1=O. The highest BCUT2D eigenvalue weighted by Gasteiger charge is 2.00. The van der Waals surface area contributed by atoms with Crippen LogP contribution in [0.3, 0.4) is 0 Å². The van der Waals surface area contributed by atoms with E-state index in [9.17, 15) is 4.79 Å². The minimum absolute atomic E-state index is 0.0893. The lowest BCUT2D eigenvalue weighted by Crippen LogP contribution is -2.19. The van der Waals surface area contributed by atoms with Crippen LogP contribution in [0, 0.1) is 12.3 Å². The Morgan fingerprint density at radius 2 is 2.21 bits per heavy atom. The number of aromatic nitrogens is 2. The first-order chi connectivity index (χ1) is 6.83. The van der Waals surface area contributed by atoms with Gasteiger partial charge in [-0.2, -0.15) is 0 Å². The molecule has 0 N–H and O–H groups in total. The number of hydrogen-bond acceptors (Lipinski definition) is 2. The number of nitrogens with zero attached hydrogens (tertiary/aromatic N) is 2. The summed E-state index contributed by atoms with van der Waals surface area (Å²) in [4.78, 5) is 15.9. The summed E-state index contributed by atoms with van der Waals surface area (Å²) < 4.78 is 1.42. The number of terminal acetylenes is 1. The monoisotopic (exact) mass is 184 g/mol. The Hall–Kier alpha value is -2.08. The van der Waals surface area contributed by atoms with Crippen molar-refractivity contribution in [3.8, 4) is 12.3 Å². The Bertz CT molecular complexity index is 563. The molecule has 2 rings (SSSR count). The highest BCUT2D eigenvalue weighted by atomic mass is 16.1. The van der Waals surface area contributed by atoms with Crippen molar-refractivity contribution < 1.29 is 0 Å². The Morgan fingerprint density at radius 1 is 1.43 bits per heavy atom. The molecule has 3 heteroatoms. The normalized spacial score (nSPS) is 9.93. The molecule has 0 saturated carbocycles. The molecule has 0 atom stereocenters. The molecule has 0 aliphatic heterocycles. The maximum atomic E-state index is 11.7. The maximum Gasteiger partial charge on any atom is 0.262 e. The summed E-state index contributed by atoms with van der Waals surface area (Å²) in [6.07, 6.45) is 6.61. The number of rotatable bonds is 1. The van der Waals surface area contributed by atoms with Crippen LogP contribution >= 0.6 is 0 Å². The van der Waals surface area contributed by atoms with Gasteiger partial charge >= 0.3 is 0 Å². The molecule has 0 radical (unpaired) electrons. The zero-order valence-corrected chi connectivity index (χ0v) is 7.47. The molecule has 0 fully saturated rings. The van der Waals surface area contributed by atoms with Gasteiger partial charge in [0.05, 0.1) is 23.8 Å². The third-order valence-electron chi connectivity index (χ3n) is 1.99. The van der Waals surface area contributed by atoms with Gasteiger partial charge in [0.15, 0.2) is 0 Å². The average molecular weight is 184 g/mol. The molecule has 1 aromatic carbocycles. The summed E-state index contributed by atoms with van der Waals surface area (Å²) >= 11 is 0. The van der Waals surface area contributed by atoms with Crippen LogP contribution in [0.15, 0.2) is 35.4 Å². The van der Waals surface area contributed by atoms with Gasteiger partial charge in [-0.05, 0) is 12.1 Å². The highest BCUT2D eigenvalue weighted by Crippen LogP contribution is 2.03. The number of para-hydroxylation sites is 1. The molecule has 0 saturated heterocycles. The van der Waals surface area contributed by atoms with Crippen molar-refractivity contribution in [3.63, 3.8) is 0 Å². The Labute approximate surface area is 81.0 Å². The molecule has 2 aromatic rings. The van der Waals surface area contributed by atoms with Crippen molar-refractivity contribution in [2.45, 2.75) is 6.54 Å². The standard InChI is InChI=1S/C11H8N2O/c1-2-7-13-8-12-10-6-4-3-5-9(10)11(13)14/h1,3-6,8H,7H2. The molecule has 0 aliphatic carbocycles. The zero-order valence-electron chi connectivity index (χ0n) is 7.47. The smallest absolute Gasteiger partial charge is 0.262 e. The molecule has 1 heterocycles. The summed E-state index contributed by atoms with van der Waals surface area (Å²) in [5.74, 6) is 2.41. The molecule has 14 heavy (non-hydrogen) atoms. The number of fused-ring (bicyclic) bond motifs is 1. The number of benzene rings is 1. The van der Waals surface area contributed by atoms with Crippen LogP contribution in [0.5, 0.6) is 0 Å². The lowest BCUT2D eigenvalue weighted by molar-refractivity contribution is 0.783. The van der Waals surface area contributed by atoms with Crippen LogP contribution in [0.25, 0.3) is 10.9 Å². The van der Waals surface area contributed by atoms with Crippen LogP contribution in [-0.2, 0) is 6.54 Å². The fourth-order valence-electron chi connectivity index (χ4n) is 1.32. The predicted octanol–water partition coefficient (Wildman–Crippen LogP) is 1.03. The van der Waals surface area contributed by atoms with Gasteiger partial charge in [0, 0.05) is 0 Å². The van der Waals surface area contributed by atoms with Crippen LogP contribution < -0.4 is 5.56 Å². The van der Waals surface area contributed by atoms with Gasteiger partial charge in [0.2, 0.25) is 0 Å². The van der Waals surface area contributed by atoms with Crippen LogP contribution in [-0.4, -0.2) is 9.55 Å². The van der Waals surface area contributed by atoms with Crippen molar-refractivity contribution >= 4 is 10.9 Å². The minimum Gasteiger partial charge on any atom is -0.287 e. The van der Waals surface area contributed by atoms with Crippen molar-refractivity contribution in [2.24, 2.45) is 0 Å². The van der Waals surface area contributed by atoms with E-state index in [0.29, 0.717) is 10.9 Å². The molecule has 3 nitrogen and oxygen atoms in total. The molecule has 0 bridgehead atoms. The third-order valence-corrected chi connectivity index (χ3v) is 1.99. The van der Waals surface area contributed by atoms with E-state index < -0.39 is 0 Å². The zero-order chi connectivity index (χ0) is 9.97. The van der Waals surface area contributed by atoms with Gasteiger partial charge in [-0.25, -0.2) is 4.98 Å². The van der Waals surface area contributed by atoms with Gasteiger partial charge in [0.1, 0.15) is 0 Å². The fourth-order valence-corrected chi connectivity index (χ4v) is 1.32. The van der Waals surface area contributed by atoms with Gasteiger partial charge in [0.25, 0.3) is 5.56 Å². The van der Waals surface area contributed by atoms with E-state index in [-0.39, 0.29) is 12.1 Å². The lowest BCUT2D eigenvalue weighted by Gasteiger charge is -2.01. The van der Waals surface area contributed by atoms with Crippen LogP contribution in [0.4, 0.5) is 0 Å². The number of hydrogen-bond donors (Lipinski definition) is 0. The molecule has 1 aromatic heterocycles.